The average Bonchev–Trinajstić information content (AvgIpc) is 2.70. The number of rotatable bonds is 2. The maximum absolute atomic E-state index is 10.6. The number of nitrogens with two attached hydrogens (primary N) is 1. The van der Waals surface area contributed by atoms with Gasteiger partial charge in [-0.15, -0.1) is 10.2 Å². The summed E-state index contributed by atoms with van der Waals surface area (Å²) < 4.78 is 4.97. The Morgan fingerprint density at radius 2 is 2.36 bits per heavy atom. The highest BCUT2D eigenvalue weighted by Crippen LogP contribution is 2.15. The fourth-order valence-corrected chi connectivity index (χ4v) is 0.954. The summed E-state index contributed by atoms with van der Waals surface area (Å²) in [7, 11) is 0. The fourth-order valence-electron chi connectivity index (χ4n) is 0.954. The van der Waals surface area contributed by atoms with Crippen molar-refractivity contribution in [3.05, 3.63) is 17.7 Å². The van der Waals surface area contributed by atoms with Crippen LogP contribution < -0.4 is 5.73 Å². The Labute approximate surface area is 78.3 Å². The Bertz CT molecular complexity index is 472. The molecule has 2 aromatic heterocycles. The molecule has 0 saturated heterocycles. The van der Waals surface area contributed by atoms with E-state index in [4.69, 9.17) is 10.2 Å². The number of H-pyrrole nitrogens is 1. The topological polar surface area (TPSA) is 111 Å². The summed E-state index contributed by atoms with van der Waals surface area (Å²) in [4.78, 5) is 10.6. The second kappa shape index (κ2) is 2.95. The van der Waals surface area contributed by atoms with Crippen molar-refractivity contribution < 1.29 is 9.21 Å². The summed E-state index contributed by atoms with van der Waals surface area (Å²) in [5, 5.41) is 13.7. The summed E-state index contributed by atoms with van der Waals surface area (Å²) in [6.45, 7) is 1.84. The largest absolute Gasteiger partial charge is 0.411 e. The molecular weight excluding hydrogens is 186 g/mol. The number of carbonyl (C=O) groups excluding carboxylic acids is 1. The lowest BCUT2D eigenvalue weighted by Crippen LogP contribution is -2.10. The normalized spacial score (nSPS) is 10.4. The van der Waals surface area contributed by atoms with E-state index in [2.05, 4.69) is 20.4 Å². The van der Waals surface area contributed by atoms with E-state index < -0.39 is 5.91 Å². The van der Waals surface area contributed by atoms with Crippen molar-refractivity contribution >= 4 is 5.91 Å². The molecule has 2 heterocycles. The molecule has 0 radical (unpaired) electrons. The van der Waals surface area contributed by atoms with E-state index in [9.17, 15) is 4.79 Å². The quantitative estimate of drug-likeness (QED) is 0.689. The predicted molar refractivity (Wildman–Crippen MR) is 45.1 cm³/mol. The van der Waals surface area contributed by atoms with Crippen LogP contribution in [0.15, 0.2) is 10.5 Å². The van der Waals surface area contributed by atoms with Crippen LogP contribution in [0, 0.1) is 6.92 Å². The first-order valence-corrected chi connectivity index (χ1v) is 3.82. The molecule has 0 spiro atoms. The Balaban J connectivity index is 2.38. The Kier molecular flexibility index (Phi) is 1.77. The Hall–Kier alpha value is -2.18. The lowest BCUT2D eigenvalue weighted by molar-refractivity contribution is 0.0968. The standard InChI is InChI=1S/C7H7N5O2/c1-3-2-4(10-9-3)6-11-12-7(14-6)5(8)13/h2H,1H3,(H2,8,13)(H,9,10). The van der Waals surface area contributed by atoms with Gasteiger partial charge in [-0.05, 0) is 13.0 Å². The minimum atomic E-state index is -0.754. The minimum absolute atomic E-state index is 0.170. The number of aromatic nitrogens is 4. The average molecular weight is 193 g/mol. The highest BCUT2D eigenvalue weighted by Gasteiger charge is 2.14. The van der Waals surface area contributed by atoms with Crippen molar-refractivity contribution in [1.29, 1.82) is 0 Å². The van der Waals surface area contributed by atoms with Crippen molar-refractivity contribution in [2.24, 2.45) is 5.73 Å². The molecule has 0 aliphatic rings. The Morgan fingerprint density at radius 1 is 1.57 bits per heavy atom. The number of carbonyl (C=O) groups is 1. The molecule has 0 unspecified atom stereocenters. The van der Waals surface area contributed by atoms with Crippen molar-refractivity contribution in [2.45, 2.75) is 6.92 Å². The van der Waals surface area contributed by atoms with Gasteiger partial charge >= 0.3 is 11.8 Å². The highest BCUT2D eigenvalue weighted by molar-refractivity contribution is 5.87. The summed E-state index contributed by atoms with van der Waals surface area (Å²) >= 11 is 0. The molecule has 0 aliphatic carbocycles. The van der Waals surface area contributed by atoms with E-state index >= 15 is 0 Å². The molecule has 0 bridgehead atoms. The smallest absolute Gasteiger partial charge is 0.306 e. The molecule has 14 heavy (non-hydrogen) atoms. The van der Waals surface area contributed by atoms with Gasteiger partial charge in [0.1, 0.15) is 5.69 Å². The van der Waals surface area contributed by atoms with E-state index in [1.54, 1.807) is 6.07 Å². The van der Waals surface area contributed by atoms with Gasteiger partial charge in [-0.3, -0.25) is 9.89 Å². The van der Waals surface area contributed by atoms with E-state index in [-0.39, 0.29) is 11.8 Å². The van der Waals surface area contributed by atoms with Crippen LogP contribution in [0.1, 0.15) is 16.4 Å². The first-order valence-electron chi connectivity index (χ1n) is 3.82. The van der Waals surface area contributed by atoms with Gasteiger partial charge in [0.15, 0.2) is 0 Å². The second-order valence-electron chi connectivity index (χ2n) is 2.71. The van der Waals surface area contributed by atoms with Gasteiger partial charge in [-0.25, -0.2) is 0 Å². The maximum atomic E-state index is 10.6. The molecule has 0 aromatic carbocycles. The molecule has 0 saturated carbocycles. The van der Waals surface area contributed by atoms with Crippen LogP contribution in [0.3, 0.4) is 0 Å². The SMILES string of the molecule is Cc1cc(-c2nnc(C(N)=O)o2)n[nH]1. The number of aryl methyl sites for hydroxylation is 1. The molecule has 0 aliphatic heterocycles. The predicted octanol–water partition coefficient (Wildman–Crippen LogP) is -0.133. The third kappa shape index (κ3) is 1.35. The summed E-state index contributed by atoms with van der Waals surface area (Å²) in [6, 6.07) is 1.72. The number of primary amides is 1. The lowest BCUT2D eigenvalue weighted by Gasteiger charge is -1.83. The second-order valence-corrected chi connectivity index (χ2v) is 2.71. The molecule has 2 rings (SSSR count). The number of hydrogen-bond donors (Lipinski definition) is 2. The van der Waals surface area contributed by atoms with Crippen molar-refractivity contribution in [3.8, 4) is 11.6 Å². The molecule has 7 nitrogen and oxygen atoms in total. The monoisotopic (exact) mass is 193 g/mol. The summed E-state index contributed by atoms with van der Waals surface area (Å²) in [6.07, 6.45) is 0. The number of nitrogens with one attached hydrogen (secondary N) is 1. The Morgan fingerprint density at radius 3 is 2.86 bits per heavy atom. The van der Waals surface area contributed by atoms with E-state index in [0.717, 1.165) is 5.69 Å². The summed E-state index contributed by atoms with van der Waals surface area (Å²) in [5.74, 6) is -0.806. The molecule has 7 heteroatoms. The molecule has 2 aromatic rings. The lowest BCUT2D eigenvalue weighted by atomic mass is 10.4. The number of hydrogen-bond acceptors (Lipinski definition) is 5. The van der Waals surface area contributed by atoms with Crippen LogP contribution in [0.2, 0.25) is 0 Å². The van der Waals surface area contributed by atoms with E-state index in [0.29, 0.717) is 5.69 Å². The van der Waals surface area contributed by atoms with Crippen LogP contribution in [-0.2, 0) is 0 Å². The zero-order valence-corrected chi connectivity index (χ0v) is 7.31. The van der Waals surface area contributed by atoms with Gasteiger partial charge in [0, 0.05) is 5.69 Å². The highest BCUT2D eigenvalue weighted by atomic mass is 16.4. The van der Waals surface area contributed by atoms with Gasteiger partial charge in [0.05, 0.1) is 0 Å². The van der Waals surface area contributed by atoms with Crippen molar-refractivity contribution in [2.75, 3.05) is 0 Å². The summed E-state index contributed by atoms with van der Waals surface area (Å²) in [5.41, 5.74) is 6.30. The van der Waals surface area contributed by atoms with E-state index in [1.807, 2.05) is 6.92 Å². The maximum Gasteiger partial charge on any atom is 0.306 e. The number of nitrogens with zero attached hydrogens (tertiary/aromatic N) is 3. The minimum Gasteiger partial charge on any atom is -0.411 e. The van der Waals surface area contributed by atoms with Crippen LogP contribution >= 0.6 is 0 Å². The van der Waals surface area contributed by atoms with Crippen LogP contribution in [0.4, 0.5) is 0 Å². The molecule has 3 N–H and O–H groups in total. The number of aromatic amines is 1. The van der Waals surface area contributed by atoms with Gasteiger partial charge in [-0.2, -0.15) is 5.10 Å². The zero-order valence-electron chi connectivity index (χ0n) is 7.31. The third-order valence-electron chi connectivity index (χ3n) is 1.56. The molecule has 1 amide bonds. The van der Waals surface area contributed by atoms with Gasteiger partial charge in [-0.1, -0.05) is 0 Å². The van der Waals surface area contributed by atoms with Gasteiger partial charge < -0.3 is 10.2 Å². The van der Waals surface area contributed by atoms with Gasteiger partial charge in [0.2, 0.25) is 0 Å². The van der Waals surface area contributed by atoms with E-state index in [1.165, 1.54) is 0 Å². The fraction of sp³-hybridized carbons (Fsp3) is 0.143. The third-order valence-corrected chi connectivity index (χ3v) is 1.56. The number of amides is 1. The molecular formula is C7H7N5O2. The van der Waals surface area contributed by atoms with Gasteiger partial charge in [0.25, 0.3) is 5.89 Å². The first kappa shape index (κ1) is 8.42. The first-order chi connectivity index (χ1) is 6.66. The molecule has 72 valence electrons. The molecule has 0 fully saturated rings. The zero-order chi connectivity index (χ0) is 10.1. The van der Waals surface area contributed by atoms with Crippen LogP contribution in [-0.4, -0.2) is 26.3 Å². The van der Waals surface area contributed by atoms with Crippen molar-refractivity contribution in [3.63, 3.8) is 0 Å². The van der Waals surface area contributed by atoms with Crippen LogP contribution in [0.5, 0.6) is 0 Å². The molecule has 0 atom stereocenters. The van der Waals surface area contributed by atoms with Crippen LogP contribution in [0.25, 0.3) is 11.6 Å². The van der Waals surface area contributed by atoms with Crippen molar-refractivity contribution in [1.82, 2.24) is 20.4 Å².